The third-order valence-electron chi connectivity index (χ3n) is 3.68. The molecule has 0 atom stereocenters. The lowest BCUT2D eigenvalue weighted by Gasteiger charge is -2.37. The molecule has 0 aromatic carbocycles. The highest BCUT2D eigenvalue weighted by Crippen LogP contribution is 2.20. The first-order valence-corrected chi connectivity index (χ1v) is 6.64. The Morgan fingerprint density at radius 3 is 2.72 bits per heavy atom. The fourth-order valence-corrected chi connectivity index (χ4v) is 2.48. The summed E-state index contributed by atoms with van der Waals surface area (Å²) in [6.45, 7) is 3.87. The predicted octanol–water partition coefficient (Wildman–Crippen LogP) is 1.92. The zero-order chi connectivity index (χ0) is 13.0. The fourth-order valence-electron chi connectivity index (χ4n) is 2.48. The number of nitrogens with zero attached hydrogens (tertiary/aromatic N) is 3. The van der Waals surface area contributed by atoms with Crippen LogP contribution in [0.1, 0.15) is 26.2 Å². The maximum Gasteiger partial charge on any atom is 0.222 e. The molecule has 1 saturated heterocycles. The summed E-state index contributed by atoms with van der Waals surface area (Å²) in [5.74, 6) is 1.28. The van der Waals surface area contributed by atoms with Gasteiger partial charge in [0.2, 0.25) is 5.91 Å². The summed E-state index contributed by atoms with van der Waals surface area (Å²) in [5, 5.41) is 0. The number of hydrogen-bond acceptors (Lipinski definition) is 3. The van der Waals surface area contributed by atoms with Gasteiger partial charge in [-0.15, -0.1) is 0 Å². The van der Waals surface area contributed by atoms with E-state index < -0.39 is 0 Å². The monoisotopic (exact) mass is 247 g/mol. The molecule has 2 rings (SSSR count). The standard InChI is InChI=1S/C14H21N3O/c1-3-14(18)16(2)12-7-10-17(11-8-12)13-6-4-5-9-15-13/h4-6,9,12H,3,7-8,10-11H2,1-2H3. The van der Waals surface area contributed by atoms with Gasteiger partial charge in [-0.05, 0) is 25.0 Å². The SMILES string of the molecule is CCC(=O)N(C)C1CCN(c2ccccn2)CC1. The van der Waals surface area contributed by atoms with E-state index in [9.17, 15) is 4.79 Å². The Bertz CT molecular complexity index is 385. The lowest BCUT2D eigenvalue weighted by atomic mass is 10.0. The molecule has 0 N–H and O–H groups in total. The lowest BCUT2D eigenvalue weighted by Crippen LogP contribution is -2.45. The molecule has 1 aliphatic rings. The number of rotatable bonds is 3. The summed E-state index contributed by atoms with van der Waals surface area (Å²) in [4.78, 5) is 20.2. The van der Waals surface area contributed by atoms with E-state index in [4.69, 9.17) is 0 Å². The minimum Gasteiger partial charge on any atom is -0.356 e. The minimum atomic E-state index is 0.242. The summed E-state index contributed by atoms with van der Waals surface area (Å²) < 4.78 is 0. The topological polar surface area (TPSA) is 36.4 Å². The molecule has 1 aliphatic heterocycles. The van der Waals surface area contributed by atoms with Crippen LogP contribution in [0.3, 0.4) is 0 Å². The molecular weight excluding hydrogens is 226 g/mol. The second-order valence-electron chi connectivity index (χ2n) is 4.76. The number of amides is 1. The number of aromatic nitrogens is 1. The Morgan fingerprint density at radius 2 is 2.17 bits per heavy atom. The van der Waals surface area contributed by atoms with Crippen molar-refractivity contribution in [3.05, 3.63) is 24.4 Å². The number of hydrogen-bond donors (Lipinski definition) is 0. The van der Waals surface area contributed by atoms with E-state index >= 15 is 0 Å². The van der Waals surface area contributed by atoms with Crippen molar-refractivity contribution < 1.29 is 4.79 Å². The Kier molecular flexibility index (Phi) is 4.18. The van der Waals surface area contributed by atoms with Crippen molar-refractivity contribution >= 4 is 11.7 Å². The van der Waals surface area contributed by atoms with Crippen molar-refractivity contribution in [2.75, 3.05) is 25.0 Å². The third-order valence-corrected chi connectivity index (χ3v) is 3.68. The van der Waals surface area contributed by atoms with Gasteiger partial charge in [0.15, 0.2) is 0 Å². The largest absolute Gasteiger partial charge is 0.356 e. The summed E-state index contributed by atoms with van der Waals surface area (Å²) in [6, 6.07) is 6.38. The van der Waals surface area contributed by atoms with Gasteiger partial charge in [-0.2, -0.15) is 0 Å². The smallest absolute Gasteiger partial charge is 0.222 e. The molecular formula is C14H21N3O. The van der Waals surface area contributed by atoms with Crippen LogP contribution in [0.5, 0.6) is 0 Å². The van der Waals surface area contributed by atoms with E-state index in [1.165, 1.54) is 0 Å². The van der Waals surface area contributed by atoms with E-state index in [0.717, 1.165) is 31.7 Å². The quantitative estimate of drug-likeness (QED) is 0.818. The van der Waals surface area contributed by atoms with Crippen LogP contribution in [0, 0.1) is 0 Å². The Hall–Kier alpha value is -1.58. The summed E-state index contributed by atoms with van der Waals surface area (Å²) in [6.07, 6.45) is 4.47. The molecule has 0 aliphatic carbocycles. The molecule has 0 spiro atoms. The Morgan fingerprint density at radius 1 is 1.44 bits per heavy atom. The molecule has 1 aromatic rings. The molecule has 0 radical (unpaired) electrons. The van der Waals surface area contributed by atoms with Gasteiger partial charge in [-0.1, -0.05) is 13.0 Å². The number of anilines is 1. The van der Waals surface area contributed by atoms with Gasteiger partial charge in [0.1, 0.15) is 5.82 Å². The average Bonchev–Trinajstić information content (AvgIpc) is 2.47. The zero-order valence-electron chi connectivity index (χ0n) is 11.2. The number of piperidine rings is 1. The molecule has 0 unspecified atom stereocenters. The first-order chi connectivity index (χ1) is 8.72. The maximum absolute atomic E-state index is 11.7. The third kappa shape index (κ3) is 2.81. The van der Waals surface area contributed by atoms with Crippen LogP contribution in [0.25, 0.3) is 0 Å². The van der Waals surface area contributed by atoms with E-state index in [1.54, 1.807) is 0 Å². The van der Waals surface area contributed by atoms with Gasteiger partial charge in [-0.25, -0.2) is 4.98 Å². The van der Waals surface area contributed by atoms with Crippen LogP contribution >= 0.6 is 0 Å². The van der Waals surface area contributed by atoms with Gasteiger partial charge in [0.05, 0.1) is 0 Å². The zero-order valence-corrected chi connectivity index (χ0v) is 11.2. The molecule has 4 heteroatoms. The molecule has 98 valence electrons. The first-order valence-electron chi connectivity index (χ1n) is 6.64. The second kappa shape index (κ2) is 5.85. The van der Waals surface area contributed by atoms with E-state index in [-0.39, 0.29) is 5.91 Å². The van der Waals surface area contributed by atoms with Crippen molar-refractivity contribution in [1.29, 1.82) is 0 Å². The molecule has 1 amide bonds. The van der Waals surface area contributed by atoms with Gasteiger partial charge < -0.3 is 9.80 Å². The van der Waals surface area contributed by atoms with Crippen LogP contribution in [-0.4, -0.2) is 42.0 Å². The van der Waals surface area contributed by atoms with Crippen molar-refractivity contribution in [3.63, 3.8) is 0 Å². The first kappa shape index (κ1) is 12.9. The summed E-state index contributed by atoms with van der Waals surface area (Å²) in [7, 11) is 1.92. The number of carbonyl (C=O) groups is 1. The molecule has 2 heterocycles. The van der Waals surface area contributed by atoms with Gasteiger partial charge in [-0.3, -0.25) is 4.79 Å². The lowest BCUT2D eigenvalue weighted by molar-refractivity contribution is -0.131. The summed E-state index contributed by atoms with van der Waals surface area (Å²) >= 11 is 0. The van der Waals surface area contributed by atoms with Crippen LogP contribution in [0.15, 0.2) is 24.4 Å². The molecule has 0 saturated carbocycles. The van der Waals surface area contributed by atoms with E-state index in [0.29, 0.717) is 12.5 Å². The normalized spacial score (nSPS) is 16.7. The maximum atomic E-state index is 11.7. The number of carbonyl (C=O) groups excluding carboxylic acids is 1. The molecule has 1 fully saturated rings. The molecule has 1 aromatic heterocycles. The highest BCUT2D eigenvalue weighted by molar-refractivity contribution is 5.75. The summed E-state index contributed by atoms with van der Waals surface area (Å²) in [5.41, 5.74) is 0. The van der Waals surface area contributed by atoms with Crippen molar-refractivity contribution in [2.45, 2.75) is 32.2 Å². The Labute approximate surface area is 109 Å². The number of pyridine rings is 1. The predicted molar refractivity (Wildman–Crippen MR) is 72.5 cm³/mol. The van der Waals surface area contributed by atoms with Gasteiger partial charge in [0, 0.05) is 38.8 Å². The average molecular weight is 247 g/mol. The molecule has 0 bridgehead atoms. The van der Waals surface area contributed by atoms with E-state index in [2.05, 4.69) is 9.88 Å². The highest BCUT2D eigenvalue weighted by atomic mass is 16.2. The Balaban J connectivity index is 1.90. The van der Waals surface area contributed by atoms with Crippen LogP contribution in [0.4, 0.5) is 5.82 Å². The fraction of sp³-hybridized carbons (Fsp3) is 0.571. The minimum absolute atomic E-state index is 0.242. The molecule has 4 nitrogen and oxygen atoms in total. The van der Waals surface area contributed by atoms with Crippen molar-refractivity contribution in [1.82, 2.24) is 9.88 Å². The van der Waals surface area contributed by atoms with E-state index in [1.807, 2.05) is 43.3 Å². The van der Waals surface area contributed by atoms with Crippen molar-refractivity contribution in [3.8, 4) is 0 Å². The highest BCUT2D eigenvalue weighted by Gasteiger charge is 2.24. The van der Waals surface area contributed by atoms with Crippen LogP contribution < -0.4 is 4.90 Å². The second-order valence-corrected chi connectivity index (χ2v) is 4.76. The van der Waals surface area contributed by atoms with Crippen LogP contribution in [0.2, 0.25) is 0 Å². The van der Waals surface area contributed by atoms with Crippen molar-refractivity contribution in [2.24, 2.45) is 0 Å². The van der Waals surface area contributed by atoms with Gasteiger partial charge >= 0.3 is 0 Å². The van der Waals surface area contributed by atoms with Crippen LogP contribution in [-0.2, 0) is 4.79 Å². The molecule has 18 heavy (non-hydrogen) atoms. The van der Waals surface area contributed by atoms with Gasteiger partial charge in [0.25, 0.3) is 0 Å².